The molecule has 0 spiro atoms. The van der Waals surface area contributed by atoms with Gasteiger partial charge in [0.2, 0.25) is 6.79 Å². The number of nitrogens with zero attached hydrogens (tertiary/aromatic N) is 1. The molecular formula is C19H16N2O3S. The van der Waals surface area contributed by atoms with Crippen LogP contribution in [0.4, 0.5) is 5.13 Å². The van der Waals surface area contributed by atoms with Gasteiger partial charge >= 0.3 is 0 Å². The third-order valence-electron chi connectivity index (χ3n) is 4.02. The first-order valence-corrected chi connectivity index (χ1v) is 8.72. The monoisotopic (exact) mass is 352 g/mol. The summed E-state index contributed by atoms with van der Waals surface area (Å²) >= 11 is 1.39. The molecule has 3 aromatic rings. The molecule has 2 aromatic carbocycles. The number of carbonyl (C=O) groups is 1. The first-order chi connectivity index (χ1) is 12.1. The molecule has 0 radical (unpaired) electrons. The van der Waals surface area contributed by atoms with Gasteiger partial charge in [-0.25, -0.2) is 4.98 Å². The fourth-order valence-corrected chi connectivity index (χ4v) is 3.47. The Hall–Kier alpha value is -2.86. The molecule has 4 rings (SSSR count). The molecule has 25 heavy (non-hydrogen) atoms. The Labute approximate surface area is 149 Å². The minimum atomic E-state index is -0.149. The van der Waals surface area contributed by atoms with Gasteiger partial charge < -0.3 is 9.47 Å². The number of aromatic nitrogens is 1. The van der Waals surface area contributed by atoms with Crippen LogP contribution in [0.25, 0.3) is 11.3 Å². The number of aryl methyl sites for hydroxylation is 2. The number of carbonyl (C=O) groups excluding carboxylic acids is 1. The fourth-order valence-electron chi connectivity index (χ4n) is 2.75. The third kappa shape index (κ3) is 3.08. The molecule has 6 heteroatoms. The number of hydrogen-bond acceptors (Lipinski definition) is 5. The molecule has 0 aliphatic carbocycles. The lowest BCUT2D eigenvalue weighted by molar-refractivity contribution is 0.102. The molecule has 0 saturated carbocycles. The highest BCUT2D eigenvalue weighted by Crippen LogP contribution is 2.36. The third-order valence-corrected chi connectivity index (χ3v) is 4.78. The van der Waals surface area contributed by atoms with Crippen molar-refractivity contribution in [2.24, 2.45) is 0 Å². The van der Waals surface area contributed by atoms with E-state index in [9.17, 15) is 4.79 Å². The smallest absolute Gasteiger partial charge is 0.257 e. The molecule has 2 heterocycles. The van der Waals surface area contributed by atoms with Crippen LogP contribution in [0.1, 0.15) is 21.5 Å². The second-order valence-corrected chi connectivity index (χ2v) is 6.74. The maximum atomic E-state index is 12.5. The molecule has 0 unspecified atom stereocenters. The predicted octanol–water partition coefficient (Wildman–Crippen LogP) is 4.41. The highest BCUT2D eigenvalue weighted by atomic mass is 32.1. The van der Waals surface area contributed by atoms with E-state index in [1.165, 1.54) is 11.3 Å². The van der Waals surface area contributed by atoms with Crippen LogP contribution in [0.3, 0.4) is 0 Å². The summed E-state index contributed by atoms with van der Waals surface area (Å²) in [6, 6.07) is 11.5. The summed E-state index contributed by atoms with van der Waals surface area (Å²) in [5.74, 6) is 1.30. The summed E-state index contributed by atoms with van der Waals surface area (Å²) in [4.78, 5) is 17.0. The lowest BCUT2D eigenvalue weighted by Gasteiger charge is -2.06. The number of benzene rings is 2. The maximum Gasteiger partial charge on any atom is 0.257 e. The minimum Gasteiger partial charge on any atom is -0.454 e. The molecule has 0 bridgehead atoms. The van der Waals surface area contributed by atoms with Gasteiger partial charge in [0.25, 0.3) is 5.91 Å². The Morgan fingerprint density at radius 1 is 1.12 bits per heavy atom. The number of nitrogens with one attached hydrogen (secondary N) is 1. The van der Waals surface area contributed by atoms with Crippen molar-refractivity contribution in [1.82, 2.24) is 4.98 Å². The van der Waals surface area contributed by atoms with Gasteiger partial charge in [0.05, 0.1) is 5.69 Å². The van der Waals surface area contributed by atoms with Gasteiger partial charge in [0.15, 0.2) is 16.6 Å². The maximum absolute atomic E-state index is 12.5. The summed E-state index contributed by atoms with van der Waals surface area (Å²) in [6.45, 7) is 4.18. The molecule has 0 atom stereocenters. The van der Waals surface area contributed by atoms with Gasteiger partial charge in [0, 0.05) is 16.5 Å². The van der Waals surface area contributed by atoms with E-state index < -0.39 is 0 Å². The van der Waals surface area contributed by atoms with Gasteiger partial charge in [-0.05, 0) is 43.7 Å². The van der Waals surface area contributed by atoms with Crippen molar-refractivity contribution in [3.63, 3.8) is 0 Å². The lowest BCUT2D eigenvalue weighted by atomic mass is 10.1. The van der Waals surface area contributed by atoms with Crippen LogP contribution in [0.5, 0.6) is 11.5 Å². The number of rotatable bonds is 3. The van der Waals surface area contributed by atoms with Gasteiger partial charge in [-0.15, -0.1) is 11.3 Å². The van der Waals surface area contributed by atoms with Crippen LogP contribution in [0.15, 0.2) is 41.8 Å². The number of thiazole rings is 1. The molecule has 1 N–H and O–H groups in total. The van der Waals surface area contributed by atoms with Crippen LogP contribution in [0, 0.1) is 13.8 Å². The Kier molecular flexibility index (Phi) is 3.89. The van der Waals surface area contributed by atoms with Crippen molar-refractivity contribution in [3.8, 4) is 22.8 Å². The van der Waals surface area contributed by atoms with E-state index in [4.69, 9.17) is 9.47 Å². The van der Waals surface area contributed by atoms with Crippen LogP contribution in [0.2, 0.25) is 0 Å². The first-order valence-electron chi connectivity index (χ1n) is 7.84. The number of fused-ring (bicyclic) bond motifs is 1. The minimum absolute atomic E-state index is 0.149. The number of ether oxygens (including phenoxy) is 2. The molecule has 1 amide bonds. The summed E-state index contributed by atoms with van der Waals surface area (Å²) in [5.41, 5.74) is 4.45. The second kappa shape index (κ2) is 6.22. The van der Waals surface area contributed by atoms with Crippen LogP contribution >= 0.6 is 11.3 Å². The number of anilines is 1. The zero-order valence-electron chi connectivity index (χ0n) is 13.8. The van der Waals surface area contributed by atoms with Gasteiger partial charge in [-0.3, -0.25) is 10.1 Å². The summed E-state index contributed by atoms with van der Waals surface area (Å²) in [5, 5.41) is 5.35. The lowest BCUT2D eigenvalue weighted by Crippen LogP contribution is -2.13. The molecular weight excluding hydrogens is 336 g/mol. The quantitative estimate of drug-likeness (QED) is 0.758. The van der Waals surface area contributed by atoms with E-state index in [0.29, 0.717) is 16.4 Å². The van der Waals surface area contributed by atoms with Crippen molar-refractivity contribution in [2.75, 3.05) is 12.1 Å². The van der Waals surface area contributed by atoms with Gasteiger partial charge in [-0.1, -0.05) is 17.7 Å². The first kappa shape index (κ1) is 15.7. The van der Waals surface area contributed by atoms with Crippen molar-refractivity contribution in [3.05, 3.63) is 58.5 Å². The SMILES string of the molecule is Cc1ccc(C(=O)Nc2nc(-c3ccc4c(c3)OCO4)cs2)c(C)c1. The predicted molar refractivity (Wildman–Crippen MR) is 97.5 cm³/mol. The van der Waals surface area contributed by atoms with Crippen LogP contribution < -0.4 is 14.8 Å². The van der Waals surface area contributed by atoms with Crippen molar-refractivity contribution >= 4 is 22.4 Å². The zero-order chi connectivity index (χ0) is 17.4. The van der Waals surface area contributed by atoms with E-state index in [-0.39, 0.29) is 12.7 Å². The molecule has 5 nitrogen and oxygen atoms in total. The number of amides is 1. The van der Waals surface area contributed by atoms with E-state index in [1.54, 1.807) is 0 Å². The molecule has 1 aliphatic rings. The average molecular weight is 352 g/mol. The average Bonchev–Trinajstić information content (AvgIpc) is 3.22. The van der Waals surface area contributed by atoms with Gasteiger partial charge in [-0.2, -0.15) is 0 Å². The fraction of sp³-hybridized carbons (Fsp3) is 0.158. The Morgan fingerprint density at radius 3 is 2.80 bits per heavy atom. The molecule has 126 valence electrons. The normalized spacial score (nSPS) is 12.2. The topological polar surface area (TPSA) is 60.5 Å². The molecule has 0 fully saturated rings. The number of hydrogen-bond donors (Lipinski definition) is 1. The Morgan fingerprint density at radius 2 is 1.96 bits per heavy atom. The Bertz CT molecular complexity index is 965. The van der Waals surface area contributed by atoms with Crippen LogP contribution in [-0.2, 0) is 0 Å². The van der Waals surface area contributed by atoms with Crippen molar-refractivity contribution < 1.29 is 14.3 Å². The van der Waals surface area contributed by atoms with Crippen molar-refractivity contribution in [1.29, 1.82) is 0 Å². The molecule has 0 saturated heterocycles. The summed E-state index contributed by atoms with van der Waals surface area (Å²) in [6.07, 6.45) is 0. The summed E-state index contributed by atoms with van der Waals surface area (Å²) < 4.78 is 10.7. The van der Waals surface area contributed by atoms with E-state index in [1.807, 2.05) is 55.6 Å². The highest BCUT2D eigenvalue weighted by Gasteiger charge is 2.16. The zero-order valence-corrected chi connectivity index (χ0v) is 14.6. The van der Waals surface area contributed by atoms with E-state index in [2.05, 4.69) is 10.3 Å². The van der Waals surface area contributed by atoms with Crippen molar-refractivity contribution in [2.45, 2.75) is 13.8 Å². The molecule has 1 aliphatic heterocycles. The Balaban J connectivity index is 1.54. The van der Waals surface area contributed by atoms with Gasteiger partial charge in [0.1, 0.15) is 0 Å². The summed E-state index contributed by atoms with van der Waals surface area (Å²) in [7, 11) is 0. The molecule has 1 aromatic heterocycles. The van der Waals surface area contributed by atoms with E-state index >= 15 is 0 Å². The second-order valence-electron chi connectivity index (χ2n) is 5.88. The highest BCUT2D eigenvalue weighted by molar-refractivity contribution is 7.14. The van der Waals surface area contributed by atoms with E-state index in [0.717, 1.165) is 28.1 Å². The largest absolute Gasteiger partial charge is 0.454 e. The van der Waals surface area contributed by atoms with Crippen LogP contribution in [-0.4, -0.2) is 17.7 Å². The standard InChI is InChI=1S/C19H16N2O3S/c1-11-3-5-14(12(2)7-11)18(22)21-19-20-15(9-25-19)13-4-6-16-17(8-13)24-10-23-16/h3-9H,10H2,1-2H3,(H,20,21,22).